The maximum atomic E-state index is 11.7. The quantitative estimate of drug-likeness (QED) is 0.800. The van der Waals surface area contributed by atoms with Gasteiger partial charge < -0.3 is 19.3 Å². The third-order valence-electron chi connectivity index (χ3n) is 2.51. The first-order valence-electron chi connectivity index (χ1n) is 6.37. The van der Waals surface area contributed by atoms with E-state index in [0.717, 1.165) is 5.56 Å². The Morgan fingerprint density at radius 3 is 2.05 bits per heavy atom. The maximum absolute atomic E-state index is 11.7. The Morgan fingerprint density at radius 1 is 1.05 bits per heavy atom. The molecule has 0 aromatic heterocycles. The van der Waals surface area contributed by atoms with Crippen molar-refractivity contribution >= 4 is 12.2 Å². The molecule has 0 aliphatic heterocycles. The second-order valence-electron chi connectivity index (χ2n) is 4.80. The lowest BCUT2D eigenvalue weighted by Crippen LogP contribution is -2.27. The molecule has 21 heavy (non-hydrogen) atoms. The van der Waals surface area contributed by atoms with Gasteiger partial charge in [-0.1, -0.05) is 12.1 Å². The van der Waals surface area contributed by atoms with Crippen LogP contribution < -0.4 is 9.47 Å². The van der Waals surface area contributed by atoms with Crippen LogP contribution in [0.1, 0.15) is 5.56 Å². The number of hydrogen-bond acceptors (Lipinski definition) is 4. The predicted molar refractivity (Wildman–Crippen MR) is 79.8 cm³/mol. The van der Waals surface area contributed by atoms with Gasteiger partial charge in [0.05, 0.1) is 0 Å². The van der Waals surface area contributed by atoms with E-state index in [4.69, 9.17) is 9.47 Å². The van der Waals surface area contributed by atoms with Crippen molar-refractivity contribution in [3.63, 3.8) is 0 Å². The van der Waals surface area contributed by atoms with E-state index in [2.05, 4.69) is 6.58 Å². The molecule has 1 rings (SSSR count). The van der Waals surface area contributed by atoms with Crippen molar-refractivity contribution in [1.29, 1.82) is 0 Å². The fourth-order valence-corrected chi connectivity index (χ4v) is 1.38. The van der Waals surface area contributed by atoms with Gasteiger partial charge in [-0.2, -0.15) is 0 Å². The highest BCUT2D eigenvalue weighted by atomic mass is 16.6. The molecule has 2 amide bonds. The van der Waals surface area contributed by atoms with Crippen molar-refractivity contribution in [1.82, 2.24) is 9.80 Å². The number of benzene rings is 1. The number of carbonyl (C=O) groups excluding carboxylic acids is 2. The van der Waals surface area contributed by atoms with Gasteiger partial charge in [0, 0.05) is 28.2 Å². The highest BCUT2D eigenvalue weighted by molar-refractivity contribution is 5.74. The summed E-state index contributed by atoms with van der Waals surface area (Å²) < 4.78 is 10.4. The molecular formula is C15H20N2O4. The summed E-state index contributed by atoms with van der Waals surface area (Å²) in [6.45, 7) is 3.66. The molecule has 0 aliphatic rings. The summed E-state index contributed by atoms with van der Waals surface area (Å²) in [5.41, 5.74) is 0.899. The van der Waals surface area contributed by atoms with Gasteiger partial charge in [-0.15, -0.1) is 6.58 Å². The normalized spacial score (nSPS) is 9.71. The topological polar surface area (TPSA) is 59.1 Å². The number of nitrogens with zero attached hydrogens (tertiary/aromatic N) is 2. The lowest BCUT2D eigenvalue weighted by atomic mass is 10.1. The zero-order valence-corrected chi connectivity index (χ0v) is 12.8. The molecule has 0 saturated heterocycles. The molecule has 0 bridgehead atoms. The van der Waals surface area contributed by atoms with Crippen LogP contribution in [0.25, 0.3) is 0 Å². The van der Waals surface area contributed by atoms with Crippen molar-refractivity contribution in [2.45, 2.75) is 6.42 Å². The van der Waals surface area contributed by atoms with Crippen LogP contribution in [0, 0.1) is 0 Å². The van der Waals surface area contributed by atoms with Crippen molar-refractivity contribution in [2.75, 3.05) is 28.2 Å². The van der Waals surface area contributed by atoms with E-state index in [-0.39, 0.29) is 11.5 Å². The Morgan fingerprint density at radius 2 is 1.57 bits per heavy atom. The van der Waals surface area contributed by atoms with Crippen LogP contribution in [0.3, 0.4) is 0 Å². The second kappa shape index (κ2) is 7.33. The molecule has 6 nitrogen and oxygen atoms in total. The van der Waals surface area contributed by atoms with Gasteiger partial charge in [-0.3, -0.25) is 0 Å². The Hall–Kier alpha value is -2.50. The monoisotopic (exact) mass is 292 g/mol. The Balaban J connectivity index is 3.07. The summed E-state index contributed by atoms with van der Waals surface area (Å²) in [6, 6.07) is 5.03. The molecule has 0 N–H and O–H groups in total. The maximum Gasteiger partial charge on any atom is 0.414 e. The molecule has 6 heteroatoms. The largest absolute Gasteiger partial charge is 0.414 e. The minimum Gasteiger partial charge on any atom is -0.406 e. The van der Waals surface area contributed by atoms with Crippen molar-refractivity contribution in [3.8, 4) is 11.5 Å². The summed E-state index contributed by atoms with van der Waals surface area (Å²) in [7, 11) is 6.28. The van der Waals surface area contributed by atoms with Crippen molar-refractivity contribution in [2.24, 2.45) is 0 Å². The van der Waals surface area contributed by atoms with E-state index in [1.165, 1.54) is 9.80 Å². The Labute approximate surface area is 124 Å². The van der Waals surface area contributed by atoms with E-state index >= 15 is 0 Å². The van der Waals surface area contributed by atoms with Crippen LogP contribution in [0.5, 0.6) is 11.5 Å². The highest BCUT2D eigenvalue weighted by Crippen LogP contribution is 2.29. The smallest absolute Gasteiger partial charge is 0.406 e. The lowest BCUT2D eigenvalue weighted by Gasteiger charge is -2.16. The number of allylic oxidation sites excluding steroid dienone is 1. The molecule has 1 aromatic carbocycles. The second-order valence-corrected chi connectivity index (χ2v) is 4.80. The molecule has 1 aromatic rings. The fraction of sp³-hybridized carbons (Fsp3) is 0.333. The molecule has 0 saturated carbocycles. The Bertz CT molecular complexity index is 538. The molecule has 0 unspecified atom stereocenters. The zero-order chi connectivity index (χ0) is 16.0. The Kier molecular flexibility index (Phi) is 5.78. The third kappa shape index (κ3) is 4.83. The molecule has 0 atom stereocenters. The molecule has 0 aliphatic carbocycles. The summed E-state index contributed by atoms with van der Waals surface area (Å²) in [5.74, 6) is 0.389. The minimum absolute atomic E-state index is 0.191. The third-order valence-corrected chi connectivity index (χ3v) is 2.51. The number of rotatable bonds is 4. The zero-order valence-electron chi connectivity index (χ0n) is 12.8. The highest BCUT2D eigenvalue weighted by Gasteiger charge is 2.16. The fourth-order valence-electron chi connectivity index (χ4n) is 1.38. The molecule has 0 radical (unpaired) electrons. The minimum atomic E-state index is -0.548. The van der Waals surface area contributed by atoms with Crippen LogP contribution >= 0.6 is 0 Å². The van der Waals surface area contributed by atoms with Gasteiger partial charge in [-0.25, -0.2) is 9.59 Å². The van der Waals surface area contributed by atoms with E-state index < -0.39 is 12.2 Å². The van der Waals surface area contributed by atoms with Crippen molar-refractivity contribution in [3.05, 3.63) is 36.4 Å². The summed E-state index contributed by atoms with van der Waals surface area (Å²) in [4.78, 5) is 25.9. The van der Waals surface area contributed by atoms with E-state index in [9.17, 15) is 9.59 Å². The number of amides is 2. The van der Waals surface area contributed by atoms with Crippen LogP contribution in [0.4, 0.5) is 9.59 Å². The summed E-state index contributed by atoms with van der Waals surface area (Å²) in [5, 5.41) is 0. The van der Waals surface area contributed by atoms with Crippen LogP contribution in [0.2, 0.25) is 0 Å². The number of carbonyl (C=O) groups is 2. The summed E-state index contributed by atoms with van der Waals surface area (Å²) >= 11 is 0. The first-order chi connectivity index (χ1) is 9.85. The number of hydrogen-bond donors (Lipinski definition) is 0. The van der Waals surface area contributed by atoms with Gasteiger partial charge in [0.25, 0.3) is 0 Å². The molecule has 0 spiro atoms. The average molecular weight is 292 g/mol. The van der Waals surface area contributed by atoms with Crippen LogP contribution in [0.15, 0.2) is 30.9 Å². The lowest BCUT2D eigenvalue weighted by molar-refractivity contribution is 0.161. The van der Waals surface area contributed by atoms with Gasteiger partial charge in [0.15, 0.2) is 11.5 Å². The number of ether oxygens (including phenoxy) is 2. The van der Waals surface area contributed by atoms with E-state index in [0.29, 0.717) is 6.42 Å². The van der Waals surface area contributed by atoms with Gasteiger partial charge in [0.2, 0.25) is 0 Å². The predicted octanol–water partition coefficient (Wildman–Crippen LogP) is 2.54. The SMILES string of the molecule is C=CCc1ccc(OC(=O)N(C)C)c(OC(=O)N(C)C)c1. The first-order valence-corrected chi connectivity index (χ1v) is 6.37. The standard InChI is InChI=1S/C15H20N2O4/c1-6-7-11-8-9-12(20-14(18)16(2)3)13(10-11)21-15(19)17(4)5/h6,8-10H,1,7H2,2-5H3. The van der Waals surface area contributed by atoms with Crippen LogP contribution in [-0.4, -0.2) is 50.2 Å². The average Bonchev–Trinajstić information content (AvgIpc) is 2.41. The summed E-state index contributed by atoms with van der Waals surface area (Å²) in [6.07, 6.45) is 1.26. The van der Waals surface area contributed by atoms with Gasteiger partial charge in [0.1, 0.15) is 0 Å². The first kappa shape index (κ1) is 16.6. The molecule has 0 heterocycles. The molecular weight excluding hydrogens is 272 g/mol. The van der Waals surface area contributed by atoms with Gasteiger partial charge >= 0.3 is 12.2 Å². The van der Waals surface area contributed by atoms with Crippen molar-refractivity contribution < 1.29 is 19.1 Å². The van der Waals surface area contributed by atoms with Crippen LogP contribution in [-0.2, 0) is 6.42 Å². The van der Waals surface area contributed by atoms with E-state index in [1.807, 2.05) is 0 Å². The molecule has 0 fully saturated rings. The van der Waals surface area contributed by atoms with E-state index in [1.54, 1.807) is 52.5 Å². The van der Waals surface area contributed by atoms with Gasteiger partial charge in [-0.05, 0) is 24.1 Å². The molecule has 114 valence electrons.